The molecule has 0 unspecified atom stereocenters. The number of esters is 3. The zero-order valence-corrected chi connectivity index (χ0v) is 39.6. The van der Waals surface area contributed by atoms with Gasteiger partial charge in [-0.15, -0.1) is 0 Å². The van der Waals surface area contributed by atoms with Crippen molar-refractivity contribution in [3.8, 4) is 0 Å². The summed E-state index contributed by atoms with van der Waals surface area (Å²) in [6.07, 6.45) is -6.80. The zero-order valence-electron chi connectivity index (χ0n) is 39.6. The average Bonchev–Trinajstić information content (AvgIpc) is 3.93. The lowest BCUT2D eigenvalue weighted by Gasteiger charge is -2.50. The van der Waals surface area contributed by atoms with Crippen molar-refractivity contribution in [1.82, 2.24) is 15.3 Å². The first kappa shape index (κ1) is 50.9. The molecule has 4 aliphatic rings. The van der Waals surface area contributed by atoms with Crippen LogP contribution in [0.2, 0.25) is 0 Å². The van der Waals surface area contributed by atoms with E-state index in [1.165, 1.54) is 23.1 Å². The van der Waals surface area contributed by atoms with Gasteiger partial charge < -0.3 is 39.0 Å². The summed E-state index contributed by atoms with van der Waals surface area (Å²) in [5.74, 6) is -5.23. The molecule has 2 N–H and O–H groups in total. The van der Waals surface area contributed by atoms with Crippen LogP contribution >= 0.6 is 0 Å². The van der Waals surface area contributed by atoms with E-state index in [0.29, 0.717) is 27.8 Å². The highest BCUT2D eigenvalue weighted by atomic mass is 19.4. The summed E-state index contributed by atoms with van der Waals surface area (Å²) in [6, 6.07) is 30.6. The first-order valence-corrected chi connectivity index (χ1v) is 23.4. The quantitative estimate of drug-likeness (QED) is 0.0720. The Balaban J connectivity index is 1.14. The highest BCUT2D eigenvalue weighted by Crippen LogP contribution is 2.60. The number of benzene rings is 4. The average molecular weight is 984 g/mol. The number of hydroxylamine groups is 2. The third-order valence-corrected chi connectivity index (χ3v) is 13.0. The van der Waals surface area contributed by atoms with Gasteiger partial charge in [-0.1, -0.05) is 115 Å². The molecule has 0 aromatic heterocycles. The number of ether oxygens (including phenoxy) is 5. The summed E-state index contributed by atoms with van der Waals surface area (Å²) in [4.78, 5) is 78.0. The van der Waals surface area contributed by atoms with Gasteiger partial charge in [-0.05, 0) is 50.0 Å². The molecule has 18 heteroatoms. The Hall–Kier alpha value is -6.44. The van der Waals surface area contributed by atoms with Gasteiger partial charge in [0.05, 0.1) is 19.2 Å². The molecule has 4 fully saturated rings. The van der Waals surface area contributed by atoms with E-state index in [4.69, 9.17) is 23.8 Å². The van der Waals surface area contributed by atoms with Crippen molar-refractivity contribution in [2.75, 3.05) is 20.3 Å². The number of hydrogen-bond donors (Lipinski definition) is 2. The van der Waals surface area contributed by atoms with Crippen LogP contribution in [0.1, 0.15) is 67.9 Å². The van der Waals surface area contributed by atoms with Crippen LogP contribution in [0.4, 0.5) is 13.2 Å². The summed E-state index contributed by atoms with van der Waals surface area (Å²) in [6.45, 7) is 2.89. The topological polar surface area (TPSA) is 179 Å². The summed E-state index contributed by atoms with van der Waals surface area (Å²) >= 11 is 0. The molecular weight excluding hydrogens is 928 g/mol. The number of alkyl halides is 3. The molecule has 4 aromatic rings. The van der Waals surface area contributed by atoms with Gasteiger partial charge in [0.2, 0.25) is 17.6 Å². The number of nitrogens with one attached hydrogen (secondary N) is 1. The maximum Gasteiger partial charge on any atom is 0.422 e. The number of carbonyl (C=O) groups excluding carboxylic acids is 5. The van der Waals surface area contributed by atoms with Crippen molar-refractivity contribution in [3.05, 3.63) is 149 Å². The minimum Gasteiger partial charge on any atom is -0.460 e. The lowest BCUT2D eigenvalue weighted by Crippen LogP contribution is -2.70. The molecule has 0 radical (unpaired) electrons. The number of carbonyl (C=O) groups is 5. The molecule has 71 heavy (non-hydrogen) atoms. The van der Waals surface area contributed by atoms with E-state index in [9.17, 15) is 37.5 Å². The van der Waals surface area contributed by atoms with E-state index < -0.39 is 108 Å². The van der Waals surface area contributed by atoms with Crippen LogP contribution in [0, 0.1) is 5.41 Å². The van der Waals surface area contributed by atoms with Crippen molar-refractivity contribution >= 4 is 35.8 Å². The second kappa shape index (κ2) is 20.7. The summed E-state index contributed by atoms with van der Waals surface area (Å²) in [5, 5.41) is 14.7. The van der Waals surface area contributed by atoms with Crippen molar-refractivity contribution in [2.24, 2.45) is 5.41 Å². The molecule has 8 atom stereocenters. The van der Waals surface area contributed by atoms with Gasteiger partial charge in [-0.3, -0.25) is 24.0 Å². The van der Waals surface area contributed by atoms with E-state index in [-0.39, 0.29) is 32.2 Å². The van der Waals surface area contributed by atoms with Crippen LogP contribution in [0.15, 0.2) is 121 Å². The number of rotatable bonds is 17. The summed E-state index contributed by atoms with van der Waals surface area (Å²) in [7, 11) is 1.49. The first-order valence-electron chi connectivity index (χ1n) is 23.4. The van der Waals surface area contributed by atoms with Gasteiger partial charge in [-0.25, -0.2) is 4.79 Å². The van der Waals surface area contributed by atoms with E-state index in [2.05, 4.69) is 10.1 Å². The second-order valence-corrected chi connectivity index (χ2v) is 19.2. The summed E-state index contributed by atoms with van der Waals surface area (Å²) in [5.41, 5.74) is 0.534. The fourth-order valence-electron chi connectivity index (χ4n) is 9.85. The smallest absolute Gasteiger partial charge is 0.422 e. The van der Waals surface area contributed by atoms with Gasteiger partial charge in [0.1, 0.15) is 41.5 Å². The first-order chi connectivity index (χ1) is 33.8. The number of aliphatic hydroxyl groups is 1. The zero-order chi connectivity index (χ0) is 50.7. The monoisotopic (exact) mass is 983 g/mol. The van der Waals surface area contributed by atoms with Crippen LogP contribution in [0.25, 0.3) is 6.08 Å². The Morgan fingerprint density at radius 1 is 0.873 bits per heavy atom. The van der Waals surface area contributed by atoms with E-state index in [0.717, 1.165) is 6.08 Å². The molecule has 8 rings (SSSR count). The summed E-state index contributed by atoms with van der Waals surface area (Å²) < 4.78 is 67.8. The van der Waals surface area contributed by atoms with Gasteiger partial charge >= 0.3 is 24.1 Å². The van der Waals surface area contributed by atoms with Gasteiger partial charge in [-0.2, -0.15) is 18.2 Å². The van der Waals surface area contributed by atoms with Crippen molar-refractivity contribution in [3.63, 3.8) is 0 Å². The molecule has 1 aliphatic carbocycles. The molecule has 1 saturated carbocycles. The Morgan fingerprint density at radius 3 is 2.07 bits per heavy atom. The molecule has 2 amide bonds. The molecule has 376 valence electrons. The molecule has 3 heterocycles. The molecule has 0 spiro atoms. The van der Waals surface area contributed by atoms with E-state index in [1.807, 2.05) is 78.9 Å². The van der Waals surface area contributed by atoms with Gasteiger partial charge in [0.25, 0.3) is 0 Å². The van der Waals surface area contributed by atoms with E-state index >= 15 is 4.79 Å². The van der Waals surface area contributed by atoms with Crippen LogP contribution in [-0.4, -0.2) is 119 Å². The Bertz CT molecular complexity index is 2540. The number of halogens is 3. The fourth-order valence-corrected chi connectivity index (χ4v) is 9.85. The Labute approximate surface area is 408 Å². The lowest BCUT2D eigenvalue weighted by atomic mass is 9.62. The maximum absolute atomic E-state index is 16.0. The predicted octanol–water partition coefficient (Wildman–Crippen LogP) is 5.96. The van der Waals surface area contributed by atoms with Crippen LogP contribution in [-0.2, 0) is 71.2 Å². The van der Waals surface area contributed by atoms with Crippen molar-refractivity contribution < 1.29 is 70.8 Å². The molecular formula is C53H56F3N3O12. The minimum absolute atomic E-state index is 0.0284. The maximum atomic E-state index is 16.0. The Morgan fingerprint density at radius 2 is 1.48 bits per heavy atom. The highest BCUT2D eigenvalue weighted by molar-refractivity contribution is 5.96. The number of fused-ring (bicyclic) bond motifs is 4. The number of aliphatic hydroxyl groups excluding tert-OH is 1. The number of likely N-dealkylation sites (N-methyl/N-ethyl adjacent to an activating group) is 1. The normalized spacial score (nSPS) is 24.3. The van der Waals surface area contributed by atoms with Crippen LogP contribution in [0.5, 0.6) is 0 Å². The molecule has 3 aliphatic heterocycles. The standard InChI is InChI=1S/C53H56F3N3O12/c1-50(2,3)68-42(62)27-25-38(31-60)57-47(63)39(28-34-14-8-5-9-15-34)58(4)49(65)51-29-40-43-44(70-53(69-43,36-16-10-6-11-17-36)37-18-12-7-13-19-37)46(51)71-59(45(51)48(64)67-40)30-35-22-20-33(21-23-35)24-26-41(61)66-32-52(54,55)56/h5-24,26,38-40,43-46,60H,25,27-32H2,1-4H3,(H,57,63)/t38-,39+,40+,43-,44-,45-,46+,51-/m0/s1. The Kier molecular flexibility index (Phi) is 14.9. The molecule has 2 bridgehead atoms. The van der Waals surface area contributed by atoms with Gasteiger partial charge in [0.15, 0.2) is 12.6 Å². The SMILES string of the molecule is CN(C(=O)[C@@]12C[C@H]3OC(=O)[C@@H]1N(Cc1ccc(C=CC(=O)OCC(F)(F)F)cc1)O[C@@H]2[C@H]1OC(c2ccccc2)(c2ccccc2)O[C@H]13)[C@H](Cc1ccccc1)C(=O)N[C@H](CO)CCC(=O)OC(C)(C)C. The van der Waals surface area contributed by atoms with Crippen molar-refractivity contribution in [2.45, 2.75) is 113 Å². The predicted molar refractivity (Wildman–Crippen MR) is 248 cm³/mol. The molecule has 3 saturated heterocycles. The molecule has 4 aromatic carbocycles. The van der Waals surface area contributed by atoms with Crippen LogP contribution < -0.4 is 5.32 Å². The number of hydrogen-bond acceptors (Lipinski definition) is 13. The largest absolute Gasteiger partial charge is 0.460 e. The van der Waals surface area contributed by atoms with Crippen molar-refractivity contribution in [1.29, 1.82) is 0 Å². The third-order valence-electron chi connectivity index (χ3n) is 13.0. The molecule has 15 nitrogen and oxygen atoms in total. The minimum atomic E-state index is -4.68. The van der Waals surface area contributed by atoms with E-state index in [1.54, 1.807) is 57.2 Å². The highest BCUT2D eigenvalue weighted by Gasteiger charge is 2.77. The third kappa shape index (κ3) is 11.1. The lowest BCUT2D eigenvalue weighted by molar-refractivity contribution is -0.214. The number of amides is 2. The second-order valence-electron chi connectivity index (χ2n) is 19.2. The van der Waals surface area contributed by atoms with Gasteiger partial charge in [0, 0.05) is 43.5 Å². The van der Waals surface area contributed by atoms with Crippen LogP contribution in [0.3, 0.4) is 0 Å². The number of nitrogens with zero attached hydrogens (tertiary/aromatic N) is 2. The fraction of sp³-hybridized carbons (Fsp3) is 0.415.